The van der Waals surface area contributed by atoms with Gasteiger partial charge in [0.2, 0.25) is 5.95 Å². The molecule has 3 aromatic rings. The van der Waals surface area contributed by atoms with Gasteiger partial charge in [-0.1, -0.05) is 6.07 Å². The third kappa shape index (κ3) is 2.27. The highest BCUT2D eigenvalue weighted by atomic mass is 16.5. The molecule has 0 atom stereocenters. The van der Waals surface area contributed by atoms with E-state index in [1.165, 1.54) is 0 Å². The second-order valence-electron chi connectivity index (χ2n) is 3.96. The van der Waals surface area contributed by atoms with Crippen LogP contribution in [0.4, 0.5) is 11.6 Å². The number of carbonyl (C=O) groups is 1. The summed E-state index contributed by atoms with van der Waals surface area (Å²) in [7, 11) is 0. The van der Waals surface area contributed by atoms with Crippen LogP contribution in [0.25, 0.3) is 11.3 Å². The summed E-state index contributed by atoms with van der Waals surface area (Å²) in [5.41, 5.74) is 3.62. The highest BCUT2D eigenvalue weighted by Crippen LogP contribution is 2.17. The second kappa shape index (κ2) is 4.94. The molecule has 20 heavy (non-hydrogen) atoms. The molecule has 8 heteroatoms. The number of aromatic amines is 1. The summed E-state index contributed by atoms with van der Waals surface area (Å²) in [6, 6.07) is 6.62. The van der Waals surface area contributed by atoms with E-state index in [-0.39, 0.29) is 0 Å². The highest BCUT2D eigenvalue weighted by molar-refractivity contribution is 5.94. The largest absolute Gasteiger partial charge is 0.326 e. The van der Waals surface area contributed by atoms with Crippen LogP contribution in [0.15, 0.2) is 36.7 Å². The number of hydrogen-bond donors (Lipinski definition) is 4. The van der Waals surface area contributed by atoms with Gasteiger partial charge in [0.1, 0.15) is 0 Å². The predicted molar refractivity (Wildman–Crippen MR) is 70.7 cm³/mol. The molecule has 100 valence electrons. The molecule has 0 bridgehead atoms. The Morgan fingerprint density at radius 3 is 2.90 bits per heavy atom. The Kier molecular flexibility index (Phi) is 2.98. The number of nitrogens with one attached hydrogen (secondary N) is 3. The van der Waals surface area contributed by atoms with Crippen molar-refractivity contribution in [3.8, 4) is 0 Å². The van der Waals surface area contributed by atoms with E-state index < -0.39 is 5.91 Å². The maximum atomic E-state index is 11.3. The third-order valence-electron chi connectivity index (χ3n) is 2.62. The summed E-state index contributed by atoms with van der Waals surface area (Å²) in [6.07, 6.45) is 3.12. The maximum absolute atomic E-state index is 11.3. The Labute approximate surface area is 112 Å². The normalized spacial score (nSPS) is 10.4. The topological polar surface area (TPSA) is 116 Å². The molecule has 0 aliphatic carbocycles. The summed E-state index contributed by atoms with van der Waals surface area (Å²) in [5, 5.41) is 11.6. The van der Waals surface area contributed by atoms with E-state index in [9.17, 15) is 4.79 Å². The Morgan fingerprint density at radius 2 is 2.10 bits per heavy atom. The summed E-state index contributed by atoms with van der Waals surface area (Å²) >= 11 is 0. The number of anilines is 2. The minimum Gasteiger partial charge on any atom is -0.326 e. The van der Waals surface area contributed by atoms with Crippen molar-refractivity contribution < 1.29 is 10.0 Å². The van der Waals surface area contributed by atoms with Crippen molar-refractivity contribution in [1.29, 1.82) is 0 Å². The molecule has 3 rings (SSSR count). The monoisotopic (exact) mass is 270 g/mol. The van der Waals surface area contributed by atoms with Crippen LogP contribution in [0, 0.1) is 0 Å². The molecule has 0 radical (unpaired) electrons. The Hall–Kier alpha value is -3.00. The number of carbonyl (C=O) groups excluding carboxylic acids is 1. The fourth-order valence-electron chi connectivity index (χ4n) is 1.75. The number of amides is 1. The van der Waals surface area contributed by atoms with Gasteiger partial charge in [-0.2, -0.15) is 4.98 Å². The first kappa shape index (κ1) is 12.1. The Balaban J connectivity index is 1.88. The van der Waals surface area contributed by atoms with E-state index in [0.717, 1.165) is 0 Å². The molecule has 0 saturated heterocycles. The average Bonchev–Trinajstić information content (AvgIpc) is 2.88. The van der Waals surface area contributed by atoms with Crippen molar-refractivity contribution in [3.05, 3.63) is 42.2 Å². The van der Waals surface area contributed by atoms with E-state index in [2.05, 4.69) is 25.3 Å². The van der Waals surface area contributed by atoms with E-state index in [4.69, 9.17) is 5.21 Å². The second-order valence-corrected chi connectivity index (χ2v) is 3.96. The highest BCUT2D eigenvalue weighted by Gasteiger charge is 2.07. The van der Waals surface area contributed by atoms with Crippen molar-refractivity contribution in [2.24, 2.45) is 0 Å². The zero-order valence-electron chi connectivity index (χ0n) is 10.2. The van der Waals surface area contributed by atoms with Crippen molar-refractivity contribution in [2.45, 2.75) is 0 Å². The smallest absolute Gasteiger partial charge is 0.274 e. The van der Waals surface area contributed by atoms with Gasteiger partial charge in [0.15, 0.2) is 11.3 Å². The molecule has 2 heterocycles. The number of rotatable bonds is 3. The zero-order chi connectivity index (χ0) is 13.9. The molecule has 0 fully saturated rings. The molecule has 1 aromatic carbocycles. The van der Waals surface area contributed by atoms with Gasteiger partial charge in [0.25, 0.3) is 5.91 Å². The SMILES string of the molecule is O=C(NO)c1cccc(Nc2nc3nccnc3[nH]2)c1. The molecule has 1 amide bonds. The fraction of sp³-hybridized carbons (Fsp3) is 0. The van der Waals surface area contributed by atoms with E-state index in [1.807, 2.05) is 0 Å². The summed E-state index contributed by atoms with van der Waals surface area (Å²) in [5.74, 6) is -0.116. The zero-order valence-corrected chi connectivity index (χ0v) is 10.2. The van der Waals surface area contributed by atoms with Gasteiger partial charge in [-0.05, 0) is 18.2 Å². The van der Waals surface area contributed by atoms with Crippen LogP contribution in [0.1, 0.15) is 10.4 Å². The van der Waals surface area contributed by atoms with Crippen LogP contribution in [-0.4, -0.2) is 31.1 Å². The molecule has 0 aliphatic rings. The predicted octanol–water partition coefficient (Wildman–Crippen LogP) is 1.22. The fourth-order valence-corrected chi connectivity index (χ4v) is 1.75. The van der Waals surface area contributed by atoms with Gasteiger partial charge in [-0.3, -0.25) is 10.0 Å². The number of benzene rings is 1. The summed E-state index contributed by atoms with van der Waals surface area (Å²) in [4.78, 5) is 26.6. The first-order chi connectivity index (χ1) is 9.76. The van der Waals surface area contributed by atoms with Crippen molar-refractivity contribution in [3.63, 3.8) is 0 Å². The van der Waals surface area contributed by atoms with Crippen LogP contribution in [0.5, 0.6) is 0 Å². The van der Waals surface area contributed by atoms with Crippen LogP contribution < -0.4 is 10.8 Å². The summed E-state index contributed by atoms with van der Waals surface area (Å²) < 4.78 is 0. The minimum atomic E-state index is -0.582. The molecule has 0 spiro atoms. The van der Waals surface area contributed by atoms with Crippen molar-refractivity contribution in [2.75, 3.05) is 5.32 Å². The number of H-pyrrole nitrogens is 1. The minimum absolute atomic E-state index is 0.324. The van der Waals surface area contributed by atoms with E-state index >= 15 is 0 Å². The lowest BCUT2D eigenvalue weighted by Crippen LogP contribution is -2.18. The average molecular weight is 270 g/mol. The van der Waals surface area contributed by atoms with Gasteiger partial charge in [0, 0.05) is 23.6 Å². The standard InChI is InChI=1S/C12H10N6O2/c19-11(18-20)7-2-1-3-8(6-7)15-12-16-9-10(17-12)14-5-4-13-9/h1-6,20H,(H,18,19)(H2,13,14,15,16,17). The lowest BCUT2D eigenvalue weighted by atomic mass is 10.2. The molecular formula is C12H10N6O2. The molecule has 2 aromatic heterocycles. The Bertz CT molecular complexity index is 736. The van der Waals surface area contributed by atoms with Gasteiger partial charge < -0.3 is 10.3 Å². The third-order valence-corrected chi connectivity index (χ3v) is 2.62. The molecule has 4 N–H and O–H groups in total. The van der Waals surface area contributed by atoms with Gasteiger partial charge >= 0.3 is 0 Å². The van der Waals surface area contributed by atoms with E-state index in [0.29, 0.717) is 28.5 Å². The number of aromatic nitrogens is 4. The molecule has 0 unspecified atom stereocenters. The van der Waals surface area contributed by atoms with Crippen LogP contribution >= 0.6 is 0 Å². The van der Waals surface area contributed by atoms with Crippen LogP contribution in [0.2, 0.25) is 0 Å². The molecular weight excluding hydrogens is 260 g/mol. The number of imidazole rings is 1. The van der Waals surface area contributed by atoms with Gasteiger partial charge in [-0.15, -0.1) is 0 Å². The molecule has 0 aliphatic heterocycles. The van der Waals surface area contributed by atoms with Crippen molar-refractivity contribution in [1.82, 2.24) is 25.4 Å². The number of nitrogens with zero attached hydrogens (tertiary/aromatic N) is 3. The number of hydrogen-bond acceptors (Lipinski definition) is 6. The lowest BCUT2D eigenvalue weighted by molar-refractivity contribution is 0.0706. The Morgan fingerprint density at radius 1 is 1.25 bits per heavy atom. The first-order valence-corrected chi connectivity index (χ1v) is 5.74. The first-order valence-electron chi connectivity index (χ1n) is 5.74. The van der Waals surface area contributed by atoms with Crippen molar-refractivity contribution >= 4 is 28.8 Å². The van der Waals surface area contributed by atoms with Crippen LogP contribution in [0.3, 0.4) is 0 Å². The van der Waals surface area contributed by atoms with Gasteiger partial charge in [0.05, 0.1) is 0 Å². The van der Waals surface area contributed by atoms with Gasteiger partial charge in [-0.25, -0.2) is 15.4 Å². The van der Waals surface area contributed by atoms with E-state index in [1.54, 1.807) is 42.1 Å². The number of hydroxylamine groups is 1. The molecule has 8 nitrogen and oxygen atoms in total. The van der Waals surface area contributed by atoms with Crippen LogP contribution in [-0.2, 0) is 0 Å². The number of fused-ring (bicyclic) bond motifs is 1. The quantitative estimate of drug-likeness (QED) is 0.420. The maximum Gasteiger partial charge on any atom is 0.274 e. The lowest BCUT2D eigenvalue weighted by Gasteiger charge is -2.04. The molecule has 0 saturated carbocycles. The summed E-state index contributed by atoms with van der Waals surface area (Å²) in [6.45, 7) is 0.